The molecule has 0 atom stereocenters. The normalized spacial score (nSPS) is 9.94. The van der Waals surface area contributed by atoms with Crippen molar-refractivity contribution in [3.63, 3.8) is 0 Å². The van der Waals surface area contributed by atoms with Gasteiger partial charge in [0.2, 0.25) is 0 Å². The fraction of sp³-hybridized carbons (Fsp3) is 0.500. The lowest BCUT2D eigenvalue weighted by molar-refractivity contribution is -0.465. The topological polar surface area (TPSA) is 182 Å². The highest BCUT2D eigenvalue weighted by Gasteiger charge is 2.40. The van der Waals surface area contributed by atoms with Crippen molar-refractivity contribution in [3.05, 3.63) is 0 Å². The summed E-state index contributed by atoms with van der Waals surface area (Å²) in [5, 5.41) is 49.3. The first-order valence-corrected chi connectivity index (χ1v) is 3.54. The molecule has 0 saturated heterocycles. The van der Waals surface area contributed by atoms with Crippen molar-refractivity contribution in [1.29, 1.82) is 0 Å². The van der Waals surface area contributed by atoms with E-state index in [2.05, 4.69) is 5.04 Å². The molecule has 0 bridgehead atoms. The van der Waals surface area contributed by atoms with Gasteiger partial charge in [0.05, 0.1) is 12.8 Å². The Bertz CT molecular complexity index is 242. The van der Waals surface area contributed by atoms with Crippen LogP contribution < -0.4 is 0 Å². The summed E-state index contributed by atoms with van der Waals surface area (Å²) in [7, 11) is 0. The van der Waals surface area contributed by atoms with Crippen LogP contribution >= 0.6 is 0 Å². The Balaban J connectivity index is 0. The molecule has 0 aliphatic carbocycles. The van der Waals surface area contributed by atoms with Crippen LogP contribution in [0.2, 0.25) is 0 Å². The van der Waals surface area contributed by atoms with E-state index in [9.17, 15) is 14.4 Å². The van der Waals surface area contributed by atoms with E-state index < -0.39 is 36.4 Å². The van der Waals surface area contributed by atoms with Gasteiger partial charge in [0.1, 0.15) is 0 Å². The van der Waals surface area contributed by atoms with E-state index in [1.807, 2.05) is 0 Å². The summed E-state index contributed by atoms with van der Waals surface area (Å²) in [6.07, 6.45) is -2.29. The smallest absolute Gasteiger partial charge is 0.336 e. The molecule has 10 heteroatoms. The van der Waals surface area contributed by atoms with E-state index in [0.29, 0.717) is 0 Å². The van der Waals surface area contributed by atoms with Crippen LogP contribution in [0, 0.1) is 0 Å². The zero-order chi connectivity index (χ0) is 13.4. The summed E-state index contributed by atoms with van der Waals surface area (Å²) >= 11 is 0. The highest BCUT2D eigenvalue weighted by atomic mass is 17.4. The number of carboxylic acids is 3. The van der Waals surface area contributed by atoms with Gasteiger partial charge < -0.3 is 20.4 Å². The predicted octanol–water partition coefficient (Wildman–Crippen LogP) is -1.30. The number of rotatable bonds is 5. The SMILES string of the molecule is O=C(O)CC(O)(CC(=O)O)C(=O)O.OOO. The Kier molecular flexibility index (Phi) is 7.85. The average molecular weight is 242 g/mol. The van der Waals surface area contributed by atoms with E-state index in [1.54, 1.807) is 0 Å². The molecule has 6 N–H and O–H groups in total. The van der Waals surface area contributed by atoms with Crippen molar-refractivity contribution in [3.8, 4) is 0 Å². The molecule has 0 radical (unpaired) electrons. The number of carboxylic acid groups (broad SMARTS) is 3. The Morgan fingerprint density at radius 1 is 0.938 bits per heavy atom. The lowest BCUT2D eigenvalue weighted by Gasteiger charge is -2.18. The van der Waals surface area contributed by atoms with Gasteiger partial charge in [-0.3, -0.25) is 9.59 Å². The van der Waals surface area contributed by atoms with Gasteiger partial charge in [-0.1, -0.05) is 5.04 Å². The second-order valence-electron chi connectivity index (χ2n) is 2.56. The summed E-state index contributed by atoms with van der Waals surface area (Å²) in [6.45, 7) is 0. The van der Waals surface area contributed by atoms with Crippen LogP contribution in [0.5, 0.6) is 0 Å². The Hall–Kier alpha value is -1.75. The third-order valence-electron chi connectivity index (χ3n) is 1.29. The van der Waals surface area contributed by atoms with E-state index in [0.717, 1.165) is 0 Å². The first kappa shape index (κ1) is 16.7. The number of hydrogen-bond acceptors (Lipinski definition) is 7. The maximum atomic E-state index is 10.3. The summed E-state index contributed by atoms with van der Waals surface area (Å²) < 4.78 is 0. The number of aliphatic hydroxyl groups is 1. The number of aliphatic carboxylic acids is 3. The van der Waals surface area contributed by atoms with Crippen LogP contribution in [-0.4, -0.2) is 54.4 Å². The fourth-order valence-electron chi connectivity index (χ4n) is 0.714. The summed E-state index contributed by atoms with van der Waals surface area (Å²) in [5.74, 6) is -5.02. The molecule has 0 aliphatic heterocycles. The molecule has 0 unspecified atom stereocenters. The molecule has 0 heterocycles. The molecule has 0 aliphatic rings. The van der Waals surface area contributed by atoms with Gasteiger partial charge in [0.15, 0.2) is 5.60 Å². The van der Waals surface area contributed by atoms with Gasteiger partial charge in [-0.25, -0.2) is 15.3 Å². The van der Waals surface area contributed by atoms with Gasteiger partial charge in [-0.05, 0) is 0 Å². The molecule has 0 saturated carbocycles. The van der Waals surface area contributed by atoms with Crippen LogP contribution in [-0.2, 0) is 19.4 Å². The van der Waals surface area contributed by atoms with Crippen molar-refractivity contribution in [1.82, 2.24) is 0 Å². The second kappa shape index (κ2) is 7.53. The number of hydrogen-bond donors (Lipinski definition) is 6. The van der Waals surface area contributed by atoms with Crippen LogP contribution in [0.25, 0.3) is 0 Å². The van der Waals surface area contributed by atoms with E-state index >= 15 is 0 Å². The number of carbonyl (C=O) groups is 3. The molecule has 0 spiro atoms. The molecular formula is C6H10O10. The van der Waals surface area contributed by atoms with Crippen LogP contribution in [0.3, 0.4) is 0 Å². The van der Waals surface area contributed by atoms with Crippen molar-refractivity contribution < 1.29 is 50.4 Å². The molecule has 0 aromatic heterocycles. The van der Waals surface area contributed by atoms with Crippen LogP contribution in [0.15, 0.2) is 0 Å². The van der Waals surface area contributed by atoms with Gasteiger partial charge in [0.25, 0.3) is 0 Å². The van der Waals surface area contributed by atoms with Gasteiger partial charge in [-0.2, -0.15) is 0 Å². The molecule has 0 aromatic carbocycles. The summed E-state index contributed by atoms with van der Waals surface area (Å²) in [6, 6.07) is 0. The third kappa shape index (κ3) is 7.64. The lowest BCUT2D eigenvalue weighted by Crippen LogP contribution is -2.42. The van der Waals surface area contributed by atoms with Crippen molar-refractivity contribution in [2.45, 2.75) is 18.4 Å². The van der Waals surface area contributed by atoms with Gasteiger partial charge in [-0.15, -0.1) is 0 Å². The zero-order valence-electron chi connectivity index (χ0n) is 7.73. The highest BCUT2D eigenvalue weighted by molar-refractivity contribution is 5.88. The third-order valence-corrected chi connectivity index (χ3v) is 1.29. The molecule has 94 valence electrons. The zero-order valence-corrected chi connectivity index (χ0v) is 7.73. The summed E-state index contributed by atoms with van der Waals surface area (Å²) in [4.78, 5) is 30.5. The monoisotopic (exact) mass is 242 g/mol. The van der Waals surface area contributed by atoms with E-state index in [4.69, 9.17) is 30.9 Å². The molecule has 0 fully saturated rings. The van der Waals surface area contributed by atoms with Gasteiger partial charge >= 0.3 is 17.9 Å². The van der Waals surface area contributed by atoms with Gasteiger partial charge in [0, 0.05) is 0 Å². The first-order valence-electron chi connectivity index (χ1n) is 3.54. The van der Waals surface area contributed by atoms with Crippen LogP contribution in [0.4, 0.5) is 0 Å². The minimum absolute atomic E-state index is 1.14. The minimum atomic E-state index is -2.74. The quantitative estimate of drug-likeness (QED) is 0.250. The minimum Gasteiger partial charge on any atom is -0.481 e. The Morgan fingerprint density at radius 3 is 1.31 bits per heavy atom. The van der Waals surface area contributed by atoms with Crippen LogP contribution in [0.1, 0.15) is 12.8 Å². The molecule has 10 nitrogen and oxygen atoms in total. The fourth-order valence-corrected chi connectivity index (χ4v) is 0.714. The molecule has 0 aromatic rings. The van der Waals surface area contributed by atoms with E-state index in [-0.39, 0.29) is 0 Å². The van der Waals surface area contributed by atoms with E-state index in [1.165, 1.54) is 0 Å². The highest BCUT2D eigenvalue weighted by Crippen LogP contribution is 2.15. The standard InChI is InChI=1S/C6H8O7.H2O3/c7-3(8)1-6(13,5(11)12)2-4(9)10;1-3-2/h13H,1-2H2,(H,7,8)(H,9,10)(H,11,12);1-2H. The average Bonchev–Trinajstić information content (AvgIpc) is 2.01. The Morgan fingerprint density at radius 2 is 1.19 bits per heavy atom. The maximum absolute atomic E-state index is 10.3. The summed E-state index contributed by atoms with van der Waals surface area (Å²) in [5.41, 5.74) is -2.74. The van der Waals surface area contributed by atoms with Crippen molar-refractivity contribution in [2.24, 2.45) is 0 Å². The molecule has 0 amide bonds. The van der Waals surface area contributed by atoms with Crippen molar-refractivity contribution >= 4 is 17.9 Å². The predicted molar refractivity (Wildman–Crippen MR) is 43.4 cm³/mol. The maximum Gasteiger partial charge on any atom is 0.336 e. The first-order chi connectivity index (χ1) is 7.19. The largest absolute Gasteiger partial charge is 0.481 e. The lowest BCUT2D eigenvalue weighted by atomic mass is 9.96. The molecular weight excluding hydrogens is 232 g/mol. The second-order valence-corrected chi connectivity index (χ2v) is 2.56. The van der Waals surface area contributed by atoms with Crippen molar-refractivity contribution in [2.75, 3.05) is 0 Å². The molecule has 16 heavy (non-hydrogen) atoms. The Labute approximate surface area is 87.8 Å². The molecule has 0 rings (SSSR count).